The normalized spacial score (nSPS) is 24.3. The van der Waals surface area contributed by atoms with Crippen LogP contribution >= 0.6 is 0 Å². The van der Waals surface area contributed by atoms with Crippen LogP contribution in [0.15, 0.2) is 24.3 Å². The second kappa shape index (κ2) is 11.5. The molecule has 0 aromatic heterocycles. The first kappa shape index (κ1) is 26.4. The van der Waals surface area contributed by atoms with Gasteiger partial charge in [-0.15, -0.1) is 0 Å². The summed E-state index contributed by atoms with van der Waals surface area (Å²) in [6.07, 6.45) is -4.21. The minimum Gasteiger partial charge on any atom is -0.502 e. The topological polar surface area (TPSA) is 157 Å². The number of benzene rings is 2. The smallest absolute Gasteiger partial charge is 0.229 e. The first-order chi connectivity index (χ1) is 16.8. The highest BCUT2D eigenvalue weighted by Gasteiger charge is 2.45. The number of phenolic OH excluding ortho intramolecular Hbond substituents is 1. The van der Waals surface area contributed by atoms with E-state index in [1.165, 1.54) is 34.5 Å². The van der Waals surface area contributed by atoms with Crippen LogP contribution < -0.4 is 23.7 Å². The highest BCUT2D eigenvalue weighted by molar-refractivity contribution is 5.77. The van der Waals surface area contributed by atoms with E-state index < -0.39 is 37.3 Å². The molecule has 1 fully saturated rings. The molecule has 1 aliphatic heterocycles. The van der Waals surface area contributed by atoms with Crippen molar-refractivity contribution in [3.8, 4) is 34.5 Å². The van der Waals surface area contributed by atoms with Crippen molar-refractivity contribution in [1.82, 2.24) is 0 Å². The Morgan fingerprint density at radius 3 is 1.97 bits per heavy atom. The predicted molar refractivity (Wildman–Crippen MR) is 124 cm³/mol. The van der Waals surface area contributed by atoms with E-state index >= 15 is 0 Å². The van der Waals surface area contributed by atoms with E-state index in [0.29, 0.717) is 28.4 Å². The maximum atomic E-state index is 10.7. The van der Waals surface area contributed by atoms with E-state index in [1.807, 2.05) is 0 Å². The molecule has 3 rings (SSSR count). The summed E-state index contributed by atoms with van der Waals surface area (Å²) < 4.78 is 32.4. The number of hydrogen-bond acceptors (Lipinski definition) is 11. The number of aromatic hydroxyl groups is 1. The molecule has 2 aromatic carbocycles. The van der Waals surface area contributed by atoms with Crippen molar-refractivity contribution < 1.29 is 54.0 Å². The highest BCUT2D eigenvalue weighted by Crippen LogP contribution is 2.42. The molecule has 5 N–H and O–H groups in total. The number of ether oxygens (including phenoxy) is 6. The van der Waals surface area contributed by atoms with Crippen LogP contribution in [-0.2, 0) is 4.74 Å². The number of aliphatic hydroxyl groups excluding tert-OH is 4. The van der Waals surface area contributed by atoms with Crippen LogP contribution in [0, 0.1) is 0 Å². The van der Waals surface area contributed by atoms with Gasteiger partial charge in [0.15, 0.2) is 23.0 Å². The Labute approximate surface area is 202 Å². The fourth-order valence-electron chi connectivity index (χ4n) is 3.65. The molecule has 1 saturated heterocycles. The van der Waals surface area contributed by atoms with Crippen LogP contribution in [0.25, 0.3) is 12.2 Å². The molecule has 2 aromatic rings. The van der Waals surface area contributed by atoms with Crippen LogP contribution in [-0.4, -0.2) is 91.3 Å². The SMILES string of the molecule is COc1ccc(/C=C\c2cc(OC)c(OC)c(OC)c2)c(O[C@@H]2O[C@H](CO)[C@@H](O)[C@H](O)[C@H]2O)c1O. The second-order valence-electron chi connectivity index (χ2n) is 7.64. The van der Waals surface area contributed by atoms with E-state index in [-0.39, 0.29) is 17.2 Å². The molecule has 0 radical (unpaired) electrons. The average Bonchev–Trinajstić information content (AvgIpc) is 2.88. The van der Waals surface area contributed by atoms with Crippen LogP contribution in [0.3, 0.4) is 0 Å². The Morgan fingerprint density at radius 1 is 0.800 bits per heavy atom. The van der Waals surface area contributed by atoms with Gasteiger partial charge in [0.1, 0.15) is 24.4 Å². The fourth-order valence-corrected chi connectivity index (χ4v) is 3.65. The lowest BCUT2D eigenvalue weighted by molar-refractivity contribution is -0.277. The van der Waals surface area contributed by atoms with Crippen molar-refractivity contribution >= 4 is 12.2 Å². The van der Waals surface area contributed by atoms with Gasteiger partial charge in [-0.2, -0.15) is 0 Å². The van der Waals surface area contributed by atoms with Gasteiger partial charge in [0.25, 0.3) is 0 Å². The monoisotopic (exact) mass is 494 g/mol. The van der Waals surface area contributed by atoms with Gasteiger partial charge in [-0.25, -0.2) is 0 Å². The lowest BCUT2D eigenvalue weighted by atomic mass is 9.99. The lowest BCUT2D eigenvalue weighted by Gasteiger charge is -2.39. The van der Waals surface area contributed by atoms with Crippen LogP contribution in [0.1, 0.15) is 11.1 Å². The van der Waals surface area contributed by atoms with Crippen molar-refractivity contribution in [3.05, 3.63) is 35.4 Å². The number of hydrogen-bond donors (Lipinski definition) is 5. The quantitative estimate of drug-likeness (QED) is 0.314. The zero-order chi connectivity index (χ0) is 25.7. The van der Waals surface area contributed by atoms with Crippen LogP contribution in [0.5, 0.6) is 34.5 Å². The van der Waals surface area contributed by atoms with Gasteiger partial charge in [-0.1, -0.05) is 12.2 Å². The maximum absolute atomic E-state index is 10.7. The molecule has 0 spiro atoms. The molecule has 192 valence electrons. The Bertz CT molecular complexity index is 1010. The minimum absolute atomic E-state index is 0.0922. The van der Waals surface area contributed by atoms with Gasteiger partial charge in [0, 0.05) is 5.56 Å². The summed E-state index contributed by atoms with van der Waals surface area (Å²) in [6, 6.07) is 6.56. The van der Waals surface area contributed by atoms with Crippen LogP contribution in [0.2, 0.25) is 0 Å². The Kier molecular flexibility index (Phi) is 8.65. The molecule has 11 nitrogen and oxygen atoms in total. The summed E-state index contributed by atoms with van der Waals surface area (Å²) in [7, 11) is 5.86. The van der Waals surface area contributed by atoms with Gasteiger partial charge < -0.3 is 54.0 Å². The summed E-state index contributed by atoms with van der Waals surface area (Å²) in [5.41, 5.74) is 1.04. The molecule has 0 aliphatic carbocycles. The molecule has 11 heteroatoms. The van der Waals surface area contributed by atoms with Gasteiger partial charge in [-0.3, -0.25) is 0 Å². The van der Waals surface area contributed by atoms with E-state index in [2.05, 4.69) is 0 Å². The molecule has 0 unspecified atom stereocenters. The van der Waals surface area contributed by atoms with Crippen molar-refractivity contribution in [2.75, 3.05) is 35.0 Å². The molecular weight excluding hydrogens is 464 g/mol. The number of aliphatic hydroxyl groups is 4. The number of methoxy groups -OCH3 is 4. The van der Waals surface area contributed by atoms with Crippen LogP contribution in [0.4, 0.5) is 0 Å². The molecule has 0 saturated carbocycles. The van der Waals surface area contributed by atoms with E-state index in [9.17, 15) is 25.5 Å². The predicted octanol–water partition coefficient (Wildman–Crippen LogP) is 0.776. The first-order valence-electron chi connectivity index (χ1n) is 10.6. The Balaban J connectivity index is 1.99. The molecule has 5 atom stereocenters. The third-order valence-corrected chi connectivity index (χ3v) is 5.57. The highest BCUT2D eigenvalue weighted by atomic mass is 16.7. The Morgan fingerprint density at radius 2 is 1.43 bits per heavy atom. The summed E-state index contributed by atoms with van der Waals surface area (Å²) in [5.74, 6) is 0.924. The van der Waals surface area contributed by atoms with Gasteiger partial charge >= 0.3 is 0 Å². The minimum atomic E-state index is -1.66. The maximum Gasteiger partial charge on any atom is 0.229 e. The number of phenols is 1. The van der Waals surface area contributed by atoms with Crippen molar-refractivity contribution in [2.45, 2.75) is 30.7 Å². The van der Waals surface area contributed by atoms with E-state index in [1.54, 1.807) is 30.4 Å². The standard InChI is InChI=1S/C24H30O11/c1-30-14-8-7-13(6-5-12-9-15(31-2)23(33-4)16(10-12)32-3)22(19(14)27)35-24-21(29)20(28)18(26)17(11-25)34-24/h5-10,17-18,20-21,24-29H,11H2,1-4H3/b6-5-/t17-,18-,20+,21-,24+/m1/s1. The lowest BCUT2D eigenvalue weighted by Crippen LogP contribution is -2.60. The number of rotatable bonds is 9. The van der Waals surface area contributed by atoms with E-state index in [0.717, 1.165) is 0 Å². The molecule has 0 amide bonds. The molecule has 0 bridgehead atoms. The first-order valence-corrected chi connectivity index (χ1v) is 10.6. The van der Waals surface area contributed by atoms with Crippen molar-refractivity contribution in [1.29, 1.82) is 0 Å². The fraction of sp³-hybridized carbons (Fsp3) is 0.417. The second-order valence-corrected chi connectivity index (χ2v) is 7.64. The molecular formula is C24H30O11. The summed E-state index contributed by atoms with van der Waals surface area (Å²) in [5, 5.41) is 50.6. The Hall–Kier alpha value is -3.22. The zero-order valence-corrected chi connectivity index (χ0v) is 19.7. The van der Waals surface area contributed by atoms with E-state index in [4.69, 9.17) is 28.4 Å². The summed E-state index contributed by atoms with van der Waals surface area (Å²) in [6.45, 7) is -0.622. The van der Waals surface area contributed by atoms with Crippen molar-refractivity contribution in [2.24, 2.45) is 0 Å². The molecule has 1 aliphatic rings. The molecule has 35 heavy (non-hydrogen) atoms. The summed E-state index contributed by atoms with van der Waals surface area (Å²) in [4.78, 5) is 0. The average molecular weight is 494 g/mol. The largest absolute Gasteiger partial charge is 0.502 e. The zero-order valence-electron chi connectivity index (χ0n) is 19.7. The van der Waals surface area contributed by atoms with Crippen molar-refractivity contribution in [3.63, 3.8) is 0 Å². The van der Waals surface area contributed by atoms with Gasteiger partial charge in [0.05, 0.1) is 35.0 Å². The molecule has 1 heterocycles. The van der Waals surface area contributed by atoms with Gasteiger partial charge in [-0.05, 0) is 29.8 Å². The van der Waals surface area contributed by atoms with Gasteiger partial charge in [0.2, 0.25) is 17.8 Å². The summed E-state index contributed by atoms with van der Waals surface area (Å²) >= 11 is 0. The third-order valence-electron chi connectivity index (χ3n) is 5.57. The third kappa shape index (κ3) is 5.39.